The van der Waals surface area contributed by atoms with Crippen LogP contribution in [0.4, 0.5) is 8.78 Å². The molecule has 0 unspecified atom stereocenters. The van der Waals surface area contributed by atoms with Crippen molar-refractivity contribution < 1.29 is 13.6 Å². The molecule has 8 heteroatoms. The van der Waals surface area contributed by atoms with Crippen LogP contribution in [0.2, 0.25) is 15.2 Å². The molecule has 1 heterocycles. The first-order valence-electron chi connectivity index (χ1n) is 8.93. The molecule has 0 N–H and O–H groups in total. The molecule has 0 radical (unpaired) electrons. The van der Waals surface area contributed by atoms with Crippen LogP contribution >= 0.6 is 34.8 Å². The predicted molar refractivity (Wildman–Crippen MR) is 118 cm³/mol. The number of benzene rings is 3. The van der Waals surface area contributed by atoms with Crippen LogP contribution in [0.5, 0.6) is 0 Å². The number of ketones is 1. The van der Waals surface area contributed by atoms with Crippen molar-refractivity contribution in [2.75, 3.05) is 0 Å². The van der Waals surface area contributed by atoms with Gasteiger partial charge in [-0.05, 0) is 54.1 Å². The van der Waals surface area contributed by atoms with Crippen LogP contribution in [0, 0.1) is 11.6 Å². The lowest BCUT2D eigenvalue weighted by atomic mass is 9.91. The van der Waals surface area contributed by atoms with Crippen LogP contribution in [0.15, 0.2) is 66.7 Å². The second kappa shape index (κ2) is 8.71. The Morgan fingerprint density at radius 2 is 1.23 bits per heavy atom. The summed E-state index contributed by atoms with van der Waals surface area (Å²) in [6.07, 6.45) is 0. The molecule has 0 saturated heterocycles. The second-order valence-corrected chi connectivity index (χ2v) is 7.76. The normalized spacial score (nSPS) is 10.9. The van der Waals surface area contributed by atoms with E-state index in [1.54, 1.807) is 36.4 Å². The maximum absolute atomic E-state index is 14.7. The Labute approximate surface area is 191 Å². The van der Waals surface area contributed by atoms with Gasteiger partial charge in [0, 0.05) is 26.7 Å². The highest BCUT2D eigenvalue weighted by Crippen LogP contribution is 2.41. The van der Waals surface area contributed by atoms with E-state index in [1.807, 2.05) is 0 Å². The van der Waals surface area contributed by atoms with E-state index in [9.17, 15) is 13.6 Å². The van der Waals surface area contributed by atoms with Gasteiger partial charge in [0.25, 0.3) is 0 Å². The first kappa shape index (κ1) is 21.4. The summed E-state index contributed by atoms with van der Waals surface area (Å²) < 4.78 is 29.4. The summed E-state index contributed by atoms with van der Waals surface area (Å²) in [5.74, 6) is -2.21. The average Bonchev–Trinajstić information content (AvgIpc) is 2.75. The molecule has 3 aromatic carbocycles. The van der Waals surface area contributed by atoms with E-state index in [4.69, 9.17) is 34.8 Å². The van der Waals surface area contributed by atoms with Crippen molar-refractivity contribution in [3.8, 4) is 22.3 Å². The van der Waals surface area contributed by atoms with Gasteiger partial charge in [0.1, 0.15) is 17.3 Å². The van der Waals surface area contributed by atoms with Gasteiger partial charge in [-0.25, -0.2) is 8.78 Å². The highest BCUT2D eigenvalue weighted by Gasteiger charge is 2.27. The number of aromatic nitrogens is 2. The van der Waals surface area contributed by atoms with Crippen molar-refractivity contribution in [2.24, 2.45) is 0 Å². The van der Waals surface area contributed by atoms with Crippen molar-refractivity contribution in [3.63, 3.8) is 0 Å². The number of rotatable bonds is 4. The molecule has 31 heavy (non-hydrogen) atoms. The Kier molecular flexibility index (Phi) is 6.01. The monoisotopic (exact) mass is 474 g/mol. The fourth-order valence-electron chi connectivity index (χ4n) is 3.17. The van der Waals surface area contributed by atoms with Crippen LogP contribution in [0.3, 0.4) is 0 Å². The number of carbonyl (C=O) groups excluding carboxylic acids is 1. The van der Waals surface area contributed by atoms with Gasteiger partial charge < -0.3 is 0 Å². The molecule has 154 valence electrons. The highest BCUT2D eigenvalue weighted by molar-refractivity contribution is 6.33. The van der Waals surface area contributed by atoms with Crippen molar-refractivity contribution in [3.05, 3.63) is 105 Å². The maximum atomic E-state index is 14.7. The lowest BCUT2D eigenvalue weighted by Gasteiger charge is -2.16. The minimum atomic E-state index is -0.852. The molecule has 0 spiro atoms. The first-order valence-corrected chi connectivity index (χ1v) is 10.1. The van der Waals surface area contributed by atoms with Gasteiger partial charge in [-0.2, -0.15) is 0 Å². The molecule has 0 amide bonds. The van der Waals surface area contributed by atoms with E-state index in [1.165, 1.54) is 18.2 Å². The van der Waals surface area contributed by atoms with E-state index >= 15 is 0 Å². The predicted octanol–water partition coefficient (Wildman–Crippen LogP) is 7.28. The standard InChI is InChI=1S/C23H11Cl3F2N2O/c24-14-8-4-12(5-9-14)18-20(19-16(27)2-1-3-17(19)28)23(26)30-29-21(18)22(31)13-6-10-15(25)11-7-13/h1-11H. The van der Waals surface area contributed by atoms with Gasteiger partial charge in [-0.3, -0.25) is 4.79 Å². The zero-order valence-corrected chi connectivity index (χ0v) is 17.8. The topological polar surface area (TPSA) is 42.9 Å². The van der Waals surface area contributed by atoms with Crippen LogP contribution < -0.4 is 0 Å². The van der Waals surface area contributed by atoms with Gasteiger partial charge >= 0.3 is 0 Å². The van der Waals surface area contributed by atoms with E-state index < -0.39 is 23.0 Å². The first-order chi connectivity index (χ1) is 14.9. The van der Waals surface area contributed by atoms with Gasteiger partial charge in [0.05, 0.1) is 5.56 Å². The molecule has 0 aliphatic heterocycles. The van der Waals surface area contributed by atoms with Crippen LogP contribution in [-0.2, 0) is 0 Å². The Bertz CT molecular complexity index is 1270. The zero-order valence-electron chi connectivity index (χ0n) is 15.5. The Hall–Kier alpha value is -2.86. The number of nitrogens with zero attached hydrogens (tertiary/aromatic N) is 2. The van der Waals surface area contributed by atoms with Crippen LogP contribution in [-0.4, -0.2) is 16.0 Å². The fourth-order valence-corrected chi connectivity index (χ4v) is 3.65. The van der Waals surface area contributed by atoms with Crippen LogP contribution in [0.1, 0.15) is 16.1 Å². The van der Waals surface area contributed by atoms with Gasteiger partial charge in [0.15, 0.2) is 5.15 Å². The molecule has 0 fully saturated rings. The number of halogens is 5. The maximum Gasteiger partial charge on any atom is 0.213 e. The summed E-state index contributed by atoms with van der Waals surface area (Å²) >= 11 is 18.2. The smallest absolute Gasteiger partial charge is 0.213 e. The third kappa shape index (κ3) is 4.17. The van der Waals surface area contributed by atoms with E-state index in [0.717, 1.165) is 12.1 Å². The lowest BCUT2D eigenvalue weighted by Crippen LogP contribution is -2.10. The van der Waals surface area contributed by atoms with Crippen molar-refractivity contribution in [1.82, 2.24) is 10.2 Å². The van der Waals surface area contributed by atoms with E-state index in [2.05, 4.69) is 10.2 Å². The number of hydrogen-bond donors (Lipinski definition) is 0. The van der Waals surface area contributed by atoms with E-state index in [-0.39, 0.29) is 27.5 Å². The molecular weight excluding hydrogens is 465 g/mol. The summed E-state index contributed by atoms with van der Waals surface area (Å²) in [6.45, 7) is 0. The third-order valence-electron chi connectivity index (χ3n) is 4.60. The zero-order chi connectivity index (χ0) is 22.1. The molecule has 0 bridgehead atoms. The molecule has 4 rings (SSSR count). The summed E-state index contributed by atoms with van der Waals surface area (Å²) in [4.78, 5) is 13.3. The molecule has 0 atom stereocenters. The number of hydrogen-bond acceptors (Lipinski definition) is 3. The Balaban J connectivity index is 2.06. The van der Waals surface area contributed by atoms with Crippen molar-refractivity contribution in [1.29, 1.82) is 0 Å². The molecular formula is C23H11Cl3F2N2O. The summed E-state index contributed by atoms with van der Waals surface area (Å²) in [6, 6.07) is 16.0. The van der Waals surface area contributed by atoms with Gasteiger partial charge in [0.2, 0.25) is 5.78 Å². The Morgan fingerprint density at radius 3 is 1.81 bits per heavy atom. The van der Waals surface area contributed by atoms with Gasteiger partial charge in [-0.1, -0.05) is 53.0 Å². The summed E-state index contributed by atoms with van der Waals surface area (Å²) in [5.41, 5.74) is 0.254. The SMILES string of the molecule is O=C(c1ccc(Cl)cc1)c1nnc(Cl)c(-c2c(F)cccc2F)c1-c1ccc(Cl)cc1. The highest BCUT2D eigenvalue weighted by atomic mass is 35.5. The minimum Gasteiger partial charge on any atom is -0.287 e. The Morgan fingerprint density at radius 1 is 0.677 bits per heavy atom. The minimum absolute atomic E-state index is 0.0769. The van der Waals surface area contributed by atoms with E-state index in [0.29, 0.717) is 15.6 Å². The van der Waals surface area contributed by atoms with Crippen molar-refractivity contribution in [2.45, 2.75) is 0 Å². The largest absolute Gasteiger partial charge is 0.287 e. The summed E-state index contributed by atoms with van der Waals surface area (Å²) in [5, 5.41) is 8.44. The third-order valence-corrected chi connectivity index (χ3v) is 5.37. The lowest BCUT2D eigenvalue weighted by molar-refractivity contribution is 0.103. The number of carbonyl (C=O) groups is 1. The molecule has 3 nitrogen and oxygen atoms in total. The molecule has 0 aliphatic rings. The quantitative estimate of drug-likeness (QED) is 0.291. The molecule has 0 aliphatic carbocycles. The van der Waals surface area contributed by atoms with Gasteiger partial charge in [-0.15, -0.1) is 10.2 Å². The van der Waals surface area contributed by atoms with Crippen LogP contribution in [0.25, 0.3) is 22.3 Å². The van der Waals surface area contributed by atoms with Crippen molar-refractivity contribution >= 4 is 40.6 Å². The second-order valence-electron chi connectivity index (χ2n) is 6.53. The average molecular weight is 476 g/mol. The molecule has 4 aromatic rings. The molecule has 0 saturated carbocycles. The fraction of sp³-hybridized carbons (Fsp3) is 0. The summed E-state index contributed by atoms with van der Waals surface area (Å²) in [7, 11) is 0. The molecule has 1 aromatic heterocycles.